The van der Waals surface area contributed by atoms with Gasteiger partial charge in [0.25, 0.3) is 0 Å². The Balaban J connectivity index is 3.10. The van der Waals surface area contributed by atoms with Crippen molar-refractivity contribution in [3.8, 4) is 5.75 Å². The zero-order chi connectivity index (χ0) is 15.5. The second-order valence-electron chi connectivity index (χ2n) is 4.35. The first-order valence-corrected chi connectivity index (χ1v) is 7.95. The molecule has 8 heteroatoms. The van der Waals surface area contributed by atoms with Gasteiger partial charge in [-0.25, -0.2) is 12.7 Å². The summed E-state index contributed by atoms with van der Waals surface area (Å²) in [5.74, 6) is -1.43. The van der Waals surface area contributed by atoms with Crippen molar-refractivity contribution >= 4 is 31.9 Å². The molecule has 0 aliphatic heterocycles. The summed E-state index contributed by atoms with van der Waals surface area (Å²) in [5, 5.41) is 8.84. The van der Waals surface area contributed by atoms with Crippen LogP contribution < -0.4 is 4.74 Å². The van der Waals surface area contributed by atoms with E-state index in [0.29, 0.717) is 10.2 Å². The van der Waals surface area contributed by atoms with Gasteiger partial charge in [0.1, 0.15) is 5.75 Å². The topological polar surface area (TPSA) is 83.9 Å². The zero-order valence-electron chi connectivity index (χ0n) is 11.3. The highest BCUT2D eigenvalue weighted by Crippen LogP contribution is 2.26. The van der Waals surface area contributed by atoms with Crippen molar-refractivity contribution in [1.82, 2.24) is 4.31 Å². The second kappa shape index (κ2) is 6.55. The number of methoxy groups -OCH3 is 1. The molecule has 0 aliphatic rings. The van der Waals surface area contributed by atoms with E-state index in [1.54, 1.807) is 6.07 Å². The largest absolute Gasteiger partial charge is 0.497 e. The van der Waals surface area contributed by atoms with Crippen LogP contribution in [0.3, 0.4) is 0 Å². The molecule has 0 heterocycles. The maximum Gasteiger partial charge on any atom is 0.307 e. The number of benzene rings is 1. The van der Waals surface area contributed by atoms with Gasteiger partial charge in [-0.15, -0.1) is 0 Å². The molecule has 20 heavy (non-hydrogen) atoms. The Kier molecular flexibility index (Phi) is 5.55. The Hall–Kier alpha value is -1.12. The fraction of sp³-hybridized carbons (Fsp3) is 0.417. The van der Waals surface area contributed by atoms with E-state index in [1.807, 2.05) is 0 Å². The predicted octanol–water partition coefficient (Wildman–Crippen LogP) is 1.80. The number of nitrogens with zero attached hydrogens (tertiary/aromatic N) is 1. The van der Waals surface area contributed by atoms with Gasteiger partial charge in [-0.05, 0) is 12.1 Å². The highest BCUT2D eigenvalue weighted by atomic mass is 79.9. The fourth-order valence-electron chi connectivity index (χ4n) is 1.55. The van der Waals surface area contributed by atoms with E-state index < -0.39 is 21.9 Å². The minimum Gasteiger partial charge on any atom is -0.497 e. The van der Waals surface area contributed by atoms with Gasteiger partial charge in [-0.1, -0.05) is 22.9 Å². The minimum absolute atomic E-state index is 0.0452. The average Bonchev–Trinajstić information content (AvgIpc) is 2.37. The molecule has 1 aromatic rings. The van der Waals surface area contributed by atoms with Gasteiger partial charge in [0.2, 0.25) is 10.0 Å². The maximum atomic E-state index is 12.4. The number of ether oxygens (including phenoxy) is 1. The molecule has 0 saturated carbocycles. The van der Waals surface area contributed by atoms with Crippen LogP contribution in [0.25, 0.3) is 0 Å². The molecule has 0 spiro atoms. The standard InChI is InChI=1S/C12H16BrNO5S/c1-8(12(15)16)7-14(2)20(17,18)11-5-9(13)4-10(6-11)19-3/h4-6,8H,7H2,1-3H3,(H,15,16). The van der Waals surface area contributed by atoms with Gasteiger partial charge >= 0.3 is 5.97 Å². The van der Waals surface area contributed by atoms with Crippen molar-refractivity contribution in [2.75, 3.05) is 20.7 Å². The smallest absolute Gasteiger partial charge is 0.307 e. The van der Waals surface area contributed by atoms with Gasteiger partial charge in [-0.3, -0.25) is 4.79 Å². The summed E-state index contributed by atoms with van der Waals surface area (Å²) >= 11 is 3.21. The highest BCUT2D eigenvalue weighted by Gasteiger charge is 2.25. The fourth-order valence-corrected chi connectivity index (χ4v) is 3.49. The van der Waals surface area contributed by atoms with Gasteiger partial charge in [-0.2, -0.15) is 0 Å². The summed E-state index contributed by atoms with van der Waals surface area (Å²) in [7, 11) is -0.974. The van der Waals surface area contributed by atoms with E-state index in [2.05, 4.69) is 15.9 Å². The molecular formula is C12H16BrNO5S. The Bertz CT molecular complexity index is 602. The minimum atomic E-state index is -3.76. The second-order valence-corrected chi connectivity index (χ2v) is 7.31. The van der Waals surface area contributed by atoms with Crippen LogP contribution in [0.2, 0.25) is 0 Å². The first-order chi connectivity index (χ1) is 9.18. The lowest BCUT2D eigenvalue weighted by Crippen LogP contribution is -2.33. The van der Waals surface area contributed by atoms with Crippen molar-refractivity contribution in [2.24, 2.45) is 5.92 Å². The first-order valence-electron chi connectivity index (χ1n) is 5.72. The summed E-state index contributed by atoms with van der Waals surface area (Å²) in [6.45, 7) is 1.35. The third-order valence-corrected chi connectivity index (χ3v) is 5.00. The van der Waals surface area contributed by atoms with E-state index in [1.165, 1.54) is 33.2 Å². The van der Waals surface area contributed by atoms with Crippen molar-refractivity contribution in [1.29, 1.82) is 0 Å². The molecule has 0 saturated heterocycles. The van der Waals surface area contributed by atoms with Crippen molar-refractivity contribution < 1.29 is 23.1 Å². The molecule has 0 aromatic heterocycles. The molecule has 1 atom stereocenters. The van der Waals surface area contributed by atoms with Crippen LogP contribution in [0.1, 0.15) is 6.92 Å². The van der Waals surface area contributed by atoms with Crippen molar-refractivity contribution in [2.45, 2.75) is 11.8 Å². The number of rotatable bonds is 6. The molecule has 0 amide bonds. The molecule has 0 bridgehead atoms. The van der Waals surface area contributed by atoms with Crippen LogP contribution in [-0.2, 0) is 14.8 Å². The third-order valence-electron chi connectivity index (χ3n) is 2.74. The average molecular weight is 366 g/mol. The van der Waals surface area contributed by atoms with Gasteiger partial charge in [0.05, 0.1) is 17.9 Å². The number of aliphatic carboxylic acids is 1. The van der Waals surface area contributed by atoms with Crippen LogP contribution in [0, 0.1) is 5.92 Å². The molecular weight excluding hydrogens is 350 g/mol. The number of hydrogen-bond donors (Lipinski definition) is 1. The van der Waals surface area contributed by atoms with E-state index in [9.17, 15) is 13.2 Å². The normalized spacial score (nSPS) is 13.2. The third kappa shape index (κ3) is 3.94. The highest BCUT2D eigenvalue weighted by molar-refractivity contribution is 9.10. The number of halogens is 1. The van der Waals surface area contributed by atoms with Crippen LogP contribution >= 0.6 is 15.9 Å². The summed E-state index contributed by atoms with van der Waals surface area (Å²) in [6.07, 6.45) is 0. The maximum absolute atomic E-state index is 12.4. The lowest BCUT2D eigenvalue weighted by atomic mass is 10.2. The Labute approximate surface area is 126 Å². The van der Waals surface area contributed by atoms with Crippen LogP contribution in [0.15, 0.2) is 27.6 Å². The lowest BCUT2D eigenvalue weighted by Gasteiger charge is -2.19. The number of carbonyl (C=O) groups is 1. The van der Waals surface area contributed by atoms with Crippen LogP contribution in [0.5, 0.6) is 5.75 Å². The van der Waals surface area contributed by atoms with Gasteiger partial charge in [0.15, 0.2) is 0 Å². The molecule has 112 valence electrons. The molecule has 6 nitrogen and oxygen atoms in total. The Morgan fingerprint density at radius 1 is 1.45 bits per heavy atom. The molecule has 0 radical (unpaired) electrons. The van der Waals surface area contributed by atoms with Gasteiger partial charge < -0.3 is 9.84 Å². The quantitative estimate of drug-likeness (QED) is 0.830. The Morgan fingerprint density at radius 2 is 2.05 bits per heavy atom. The van der Waals surface area contributed by atoms with Crippen LogP contribution in [0.4, 0.5) is 0 Å². The summed E-state index contributed by atoms with van der Waals surface area (Å²) in [6, 6.07) is 4.47. The molecule has 1 unspecified atom stereocenters. The molecule has 0 fully saturated rings. The number of carboxylic acids is 1. The first kappa shape index (κ1) is 16.9. The summed E-state index contributed by atoms with van der Waals surface area (Å²) < 4.78 is 31.3. The van der Waals surface area contributed by atoms with E-state index in [-0.39, 0.29) is 11.4 Å². The van der Waals surface area contributed by atoms with Crippen molar-refractivity contribution in [3.05, 3.63) is 22.7 Å². The monoisotopic (exact) mass is 365 g/mol. The van der Waals surface area contributed by atoms with E-state index in [0.717, 1.165) is 4.31 Å². The summed E-state index contributed by atoms with van der Waals surface area (Å²) in [5.41, 5.74) is 0. The molecule has 1 aromatic carbocycles. The SMILES string of the molecule is COc1cc(Br)cc(S(=O)(=O)N(C)CC(C)C(=O)O)c1. The predicted molar refractivity (Wildman–Crippen MR) is 77.3 cm³/mol. The number of sulfonamides is 1. The number of carboxylic acid groups (broad SMARTS) is 1. The van der Waals surface area contributed by atoms with E-state index >= 15 is 0 Å². The molecule has 1 N–H and O–H groups in total. The summed E-state index contributed by atoms with van der Waals surface area (Å²) in [4.78, 5) is 10.8. The Morgan fingerprint density at radius 3 is 2.55 bits per heavy atom. The van der Waals surface area contributed by atoms with Gasteiger partial charge in [0, 0.05) is 24.1 Å². The van der Waals surface area contributed by atoms with Crippen molar-refractivity contribution in [3.63, 3.8) is 0 Å². The molecule has 0 aliphatic carbocycles. The number of hydrogen-bond acceptors (Lipinski definition) is 4. The van der Waals surface area contributed by atoms with Crippen LogP contribution in [-0.4, -0.2) is 44.5 Å². The molecule has 1 rings (SSSR count). The lowest BCUT2D eigenvalue weighted by molar-refractivity contribution is -0.141. The zero-order valence-corrected chi connectivity index (χ0v) is 13.7. The van der Waals surface area contributed by atoms with E-state index in [4.69, 9.17) is 9.84 Å².